The van der Waals surface area contributed by atoms with Gasteiger partial charge in [0.15, 0.2) is 0 Å². The highest BCUT2D eigenvalue weighted by molar-refractivity contribution is 5.90. The number of primary amides is 1. The standard InChI is InChI=1S/C10H17N3O2/c11-9(14)8-12-10(15)4-3-7-13-5-1-2-6-13/h3-4H,1-2,5-8H2,(H2,11,14)(H,12,15). The third-order valence-corrected chi connectivity index (χ3v) is 2.27. The number of rotatable bonds is 5. The number of hydrogen-bond donors (Lipinski definition) is 2. The van der Waals surface area contributed by atoms with Crippen molar-refractivity contribution in [1.82, 2.24) is 10.2 Å². The van der Waals surface area contributed by atoms with Crippen LogP contribution in [-0.2, 0) is 9.59 Å². The van der Waals surface area contributed by atoms with Crippen molar-refractivity contribution in [3.05, 3.63) is 12.2 Å². The predicted octanol–water partition coefficient (Wildman–Crippen LogP) is -0.760. The molecule has 0 aliphatic carbocycles. The molecule has 0 unspecified atom stereocenters. The van der Waals surface area contributed by atoms with E-state index in [1.165, 1.54) is 18.9 Å². The highest BCUT2D eigenvalue weighted by Gasteiger charge is 2.08. The van der Waals surface area contributed by atoms with Gasteiger partial charge in [0.2, 0.25) is 11.8 Å². The first kappa shape index (κ1) is 11.7. The molecule has 1 heterocycles. The summed E-state index contributed by atoms with van der Waals surface area (Å²) >= 11 is 0. The van der Waals surface area contributed by atoms with Crippen molar-refractivity contribution >= 4 is 11.8 Å². The van der Waals surface area contributed by atoms with Crippen molar-refractivity contribution in [1.29, 1.82) is 0 Å². The van der Waals surface area contributed by atoms with Gasteiger partial charge in [0.1, 0.15) is 0 Å². The lowest BCUT2D eigenvalue weighted by atomic mass is 10.4. The predicted molar refractivity (Wildman–Crippen MR) is 57.0 cm³/mol. The third-order valence-electron chi connectivity index (χ3n) is 2.27. The smallest absolute Gasteiger partial charge is 0.244 e. The normalized spacial score (nSPS) is 17.1. The molecule has 0 bridgehead atoms. The van der Waals surface area contributed by atoms with Crippen LogP contribution in [0.2, 0.25) is 0 Å². The van der Waals surface area contributed by atoms with E-state index in [1.807, 2.05) is 6.08 Å². The van der Waals surface area contributed by atoms with Gasteiger partial charge >= 0.3 is 0 Å². The van der Waals surface area contributed by atoms with Crippen LogP contribution in [0.1, 0.15) is 12.8 Å². The molecule has 0 aromatic heterocycles. The summed E-state index contributed by atoms with van der Waals surface area (Å²) in [7, 11) is 0. The van der Waals surface area contributed by atoms with Crippen molar-refractivity contribution in [2.24, 2.45) is 5.73 Å². The van der Waals surface area contributed by atoms with Gasteiger partial charge in [-0.3, -0.25) is 14.5 Å². The summed E-state index contributed by atoms with van der Waals surface area (Å²) in [6.07, 6.45) is 5.73. The van der Waals surface area contributed by atoms with E-state index in [0.29, 0.717) is 0 Å². The van der Waals surface area contributed by atoms with E-state index in [4.69, 9.17) is 5.73 Å². The Bertz CT molecular complexity index is 257. The van der Waals surface area contributed by atoms with E-state index in [0.717, 1.165) is 19.6 Å². The second kappa shape index (κ2) is 6.19. The summed E-state index contributed by atoms with van der Waals surface area (Å²) in [5.74, 6) is -0.802. The number of carbonyl (C=O) groups excluding carboxylic acids is 2. The first-order chi connectivity index (χ1) is 7.18. The van der Waals surface area contributed by atoms with Gasteiger partial charge in [-0.2, -0.15) is 0 Å². The summed E-state index contributed by atoms with van der Waals surface area (Å²) in [4.78, 5) is 23.7. The Morgan fingerprint density at radius 1 is 1.33 bits per heavy atom. The molecule has 2 amide bonds. The number of nitrogens with two attached hydrogens (primary N) is 1. The van der Waals surface area contributed by atoms with Crippen LogP contribution in [0.25, 0.3) is 0 Å². The average molecular weight is 211 g/mol. The van der Waals surface area contributed by atoms with Crippen LogP contribution in [0.5, 0.6) is 0 Å². The number of amides is 2. The number of carbonyl (C=O) groups is 2. The second-order valence-electron chi connectivity index (χ2n) is 3.59. The lowest BCUT2D eigenvalue weighted by Gasteiger charge is -2.10. The number of likely N-dealkylation sites (tertiary alicyclic amines) is 1. The monoisotopic (exact) mass is 211 g/mol. The SMILES string of the molecule is NC(=O)CNC(=O)C=CCN1CCCC1. The quantitative estimate of drug-likeness (QED) is 0.587. The summed E-state index contributed by atoms with van der Waals surface area (Å²) in [6, 6.07) is 0. The maximum atomic E-state index is 11.1. The summed E-state index contributed by atoms with van der Waals surface area (Å²) in [5, 5.41) is 2.39. The van der Waals surface area contributed by atoms with E-state index < -0.39 is 5.91 Å². The van der Waals surface area contributed by atoms with E-state index in [1.54, 1.807) is 0 Å². The van der Waals surface area contributed by atoms with Crippen LogP contribution in [0, 0.1) is 0 Å². The van der Waals surface area contributed by atoms with Gasteiger partial charge in [0.25, 0.3) is 0 Å². The van der Waals surface area contributed by atoms with Gasteiger partial charge in [-0.25, -0.2) is 0 Å². The molecular weight excluding hydrogens is 194 g/mol. The Morgan fingerprint density at radius 2 is 2.00 bits per heavy atom. The Morgan fingerprint density at radius 3 is 2.60 bits per heavy atom. The Labute approximate surface area is 89.3 Å². The Balaban J connectivity index is 2.13. The van der Waals surface area contributed by atoms with Crippen molar-refractivity contribution in [2.45, 2.75) is 12.8 Å². The molecule has 0 spiro atoms. The molecule has 84 valence electrons. The van der Waals surface area contributed by atoms with E-state index >= 15 is 0 Å². The molecule has 0 radical (unpaired) electrons. The molecule has 1 rings (SSSR count). The maximum absolute atomic E-state index is 11.1. The zero-order valence-corrected chi connectivity index (χ0v) is 8.74. The van der Waals surface area contributed by atoms with E-state index in [2.05, 4.69) is 10.2 Å². The number of nitrogens with one attached hydrogen (secondary N) is 1. The van der Waals surface area contributed by atoms with Crippen LogP contribution in [0.3, 0.4) is 0 Å². The lowest BCUT2D eigenvalue weighted by molar-refractivity contribution is -0.122. The fourth-order valence-electron chi connectivity index (χ4n) is 1.51. The molecule has 1 aliphatic heterocycles. The largest absolute Gasteiger partial charge is 0.368 e. The number of hydrogen-bond acceptors (Lipinski definition) is 3. The van der Waals surface area contributed by atoms with Gasteiger partial charge in [0, 0.05) is 12.6 Å². The molecule has 0 aromatic carbocycles. The van der Waals surface area contributed by atoms with Crippen LogP contribution in [0.4, 0.5) is 0 Å². The molecule has 3 N–H and O–H groups in total. The van der Waals surface area contributed by atoms with Crippen LogP contribution >= 0.6 is 0 Å². The average Bonchev–Trinajstić information content (AvgIpc) is 2.67. The second-order valence-corrected chi connectivity index (χ2v) is 3.59. The lowest BCUT2D eigenvalue weighted by Crippen LogP contribution is -2.32. The molecule has 15 heavy (non-hydrogen) atoms. The van der Waals surface area contributed by atoms with Crippen molar-refractivity contribution in [3.63, 3.8) is 0 Å². The summed E-state index contributed by atoms with van der Waals surface area (Å²) < 4.78 is 0. The van der Waals surface area contributed by atoms with Crippen molar-refractivity contribution < 1.29 is 9.59 Å². The zero-order chi connectivity index (χ0) is 11.1. The Hall–Kier alpha value is -1.36. The first-order valence-corrected chi connectivity index (χ1v) is 5.13. The fraction of sp³-hybridized carbons (Fsp3) is 0.600. The van der Waals surface area contributed by atoms with Crippen LogP contribution in [-0.4, -0.2) is 42.9 Å². The van der Waals surface area contributed by atoms with Crippen molar-refractivity contribution in [2.75, 3.05) is 26.2 Å². The molecule has 0 saturated carbocycles. The first-order valence-electron chi connectivity index (χ1n) is 5.13. The van der Waals surface area contributed by atoms with Gasteiger partial charge in [0.05, 0.1) is 6.54 Å². The molecule has 1 fully saturated rings. The summed E-state index contributed by atoms with van der Waals surface area (Å²) in [5.41, 5.74) is 4.88. The van der Waals surface area contributed by atoms with Gasteiger partial charge < -0.3 is 11.1 Å². The number of nitrogens with zero attached hydrogens (tertiary/aromatic N) is 1. The minimum absolute atomic E-state index is 0.104. The van der Waals surface area contributed by atoms with Crippen LogP contribution in [0.15, 0.2) is 12.2 Å². The van der Waals surface area contributed by atoms with Crippen molar-refractivity contribution in [3.8, 4) is 0 Å². The van der Waals surface area contributed by atoms with Gasteiger partial charge in [-0.15, -0.1) is 0 Å². The summed E-state index contributed by atoms with van der Waals surface area (Å²) in [6.45, 7) is 2.90. The minimum atomic E-state index is -0.531. The van der Waals surface area contributed by atoms with E-state index in [-0.39, 0.29) is 12.5 Å². The maximum Gasteiger partial charge on any atom is 0.244 e. The van der Waals surface area contributed by atoms with E-state index in [9.17, 15) is 9.59 Å². The minimum Gasteiger partial charge on any atom is -0.368 e. The fourth-order valence-corrected chi connectivity index (χ4v) is 1.51. The molecule has 0 atom stereocenters. The highest BCUT2D eigenvalue weighted by atomic mass is 16.2. The molecule has 0 aromatic rings. The topological polar surface area (TPSA) is 75.4 Å². The van der Waals surface area contributed by atoms with Gasteiger partial charge in [-0.05, 0) is 25.9 Å². The molecule has 5 heteroatoms. The molecular formula is C10H17N3O2. The van der Waals surface area contributed by atoms with Gasteiger partial charge in [-0.1, -0.05) is 6.08 Å². The zero-order valence-electron chi connectivity index (χ0n) is 8.74. The highest BCUT2D eigenvalue weighted by Crippen LogP contribution is 2.05. The molecule has 1 aliphatic rings. The Kier molecular flexibility index (Phi) is 4.83. The molecule has 5 nitrogen and oxygen atoms in total. The molecule has 1 saturated heterocycles. The van der Waals surface area contributed by atoms with Crippen LogP contribution < -0.4 is 11.1 Å². The third kappa shape index (κ3) is 5.17.